The lowest BCUT2D eigenvalue weighted by molar-refractivity contribution is -0.744. The number of esters is 1. The van der Waals surface area contributed by atoms with Gasteiger partial charge in [-0.25, -0.2) is 9.59 Å². The highest BCUT2D eigenvalue weighted by Gasteiger charge is 2.31. The molecule has 32 heavy (non-hydrogen) atoms. The second kappa shape index (κ2) is 9.79. The summed E-state index contributed by atoms with van der Waals surface area (Å²) in [6.45, 7) is 1.25. The maximum atomic E-state index is 12.7. The number of H-pyrrole nitrogens is 1. The van der Waals surface area contributed by atoms with E-state index in [9.17, 15) is 24.5 Å². The van der Waals surface area contributed by atoms with E-state index in [1.165, 1.54) is 42.6 Å². The zero-order valence-electron chi connectivity index (χ0n) is 16.7. The summed E-state index contributed by atoms with van der Waals surface area (Å²) in [4.78, 5) is 48.6. The molecule has 0 aliphatic carbocycles. The van der Waals surface area contributed by atoms with Gasteiger partial charge >= 0.3 is 17.2 Å². The van der Waals surface area contributed by atoms with E-state index in [4.69, 9.17) is 16.3 Å². The van der Waals surface area contributed by atoms with Gasteiger partial charge in [-0.3, -0.25) is 14.9 Å². The minimum absolute atomic E-state index is 0.0284. The van der Waals surface area contributed by atoms with Gasteiger partial charge in [-0.1, -0.05) is 21.9 Å². The minimum atomic E-state index is -0.915. The van der Waals surface area contributed by atoms with Crippen LogP contribution in [0, 0.1) is 10.1 Å². The summed E-state index contributed by atoms with van der Waals surface area (Å²) in [6, 6.07) is 11.6. The maximum Gasteiger partial charge on any atom is 0.434 e. The molecule has 0 saturated carbocycles. The second-order valence-corrected chi connectivity index (χ2v) is 6.83. The molecule has 11 nitrogen and oxygen atoms in total. The number of hydrogen-bond acceptors (Lipinski definition) is 7. The number of nitro groups is 1. The molecule has 2 aromatic carbocycles. The number of aromatic nitrogens is 3. The molecule has 0 aliphatic rings. The lowest BCUT2D eigenvalue weighted by Crippen LogP contribution is -2.46. The van der Waals surface area contributed by atoms with E-state index in [0.29, 0.717) is 16.1 Å². The van der Waals surface area contributed by atoms with Crippen molar-refractivity contribution in [1.29, 1.82) is 0 Å². The monoisotopic (exact) mass is 458 g/mol. The lowest BCUT2D eigenvalue weighted by Gasteiger charge is -2.01. The molecule has 1 heterocycles. The fourth-order valence-corrected chi connectivity index (χ4v) is 2.82. The van der Waals surface area contributed by atoms with E-state index >= 15 is 0 Å². The van der Waals surface area contributed by atoms with Gasteiger partial charge in [-0.2, -0.15) is 0 Å². The van der Waals surface area contributed by atoms with E-state index in [1.807, 2.05) is 0 Å². The van der Waals surface area contributed by atoms with Gasteiger partial charge in [0.2, 0.25) is 5.78 Å². The predicted octanol–water partition coefficient (Wildman–Crippen LogP) is 1.97. The molecule has 0 unspecified atom stereocenters. The maximum absolute atomic E-state index is 12.7. The Morgan fingerprint density at radius 3 is 2.47 bits per heavy atom. The van der Waals surface area contributed by atoms with Crippen LogP contribution in [0.5, 0.6) is 0 Å². The van der Waals surface area contributed by atoms with Crippen molar-refractivity contribution < 1.29 is 23.9 Å². The first-order valence-electron chi connectivity index (χ1n) is 9.29. The van der Waals surface area contributed by atoms with Gasteiger partial charge in [-0.15, -0.1) is 4.68 Å². The zero-order chi connectivity index (χ0) is 23.3. The molecule has 0 bridgehead atoms. The van der Waals surface area contributed by atoms with Crippen LogP contribution >= 0.6 is 11.6 Å². The van der Waals surface area contributed by atoms with E-state index in [2.05, 4.69) is 10.3 Å². The fraction of sp³-hybridized carbons (Fsp3) is 0.150. The van der Waals surface area contributed by atoms with Crippen LogP contribution in [0.1, 0.15) is 33.3 Å². The Labute approximate surface area is 185 Å². The van der Waals surface area contributed by atoms with Gasteiger partial charge in [0, 0.05) is 27.5 Å². The number of nitrogens with zero attached hydrogens (tertiary/aromatic N) is 4. The van der Waals surface area contributed by atoms with Crippen molar-refractivity contribution >= 4 is 35.3 Å². The van der Waals surface area contributed by atoms with E-state index < -0.39 is 22.1 Å². The Morgan fingerprint density at radius 1 is 1.22 bits per heavy atom. The summed E-state index contributed by atoms with van der Waals surface area (Å²) in [6.07, 6.45) is 1.27. The number of ketones is 1. The quantitative estimate of drug-likeness (QED) is 0.137. The highest BCUT2D eigenvalue weighted by atomic mass is 35.5. The number of nitrogens with one attached hydrogen (secondary N) is 1. The van der Waals surface area contributed by atoms with Crippen molar-refractivity contribution in [3.63, 3.8) is 0 Å². The third-order valence-electron chi connectivity index (χ3n) is 4.24. The van der Waals surface area contributed by atoms with Crippen molar-refractivity contribution in [2.75, 3.05) is 6.61 Å². The number of rotatable bonds is 8. The molecule has 0 saturated heterocycles. The van der Waals surface area contributed by atoms with Crippen molar-refractivity contribution in [2.24, 2.45) is 5.10 Å². The number of non-ortho nitro benzene ring substituents is 1. The van der Waals surface area contributed by atoms with Crippen molar-refractivity contribution in [3.8, 4) is 0 Å². The van der Waals surface area contributed by atoms with Crippen LogP contribution in [0.25, 0.3) is 0 Å². The average molecular weight is 459 g/mol. The van der Waals surface area contributed by atoms with Crippen molar-refractivity contribution in [3.05, 3.63) is 90.8 Å². The molecular weight excluding hydrogens is 442 g/mol. The van der Waals surface area contributed by atoms with Crippen molar-refractivity contribution in [1.82, 2.24) is 10.0 Å². The molecule has 164 valence electrons. The van der Waals surface area contributed by atoms with E-state index in [1.54, 1.807) is 19.1 Å². The van der Waals surface area contributed by atoms with Crippen LogP contribution in [0.3, 0.4) is 0 Å². The van der Waals surface area contributed by atoms with E-state index in [0.717, 1.165) is 9.47 Å². The molecule has 0 amide bonds. The molecule has 0 spiro atoms. The topological polar surface area (TPSA) is 141 Å². The molecular formula is C20H17ClN5O6+. The average Bonchev–Trinajstić information content (AvgIpc) is 3.08. The number of carbonyl (C=O) groups excluding carboxylic acids is 2. The molecule has 3 rings (SSSR count). The number of hydrogen-bond donors (Lipinski definition) is 1. The Balaban J connectivity index is 1.92. The largest absolute Gasteiger partial charge is 0.459 e. The molecule has 1 N–H and O–H groups in total. The third-order valence-corrected chi connectivity index (χ3v) is 4.50. The molecule has 0 radical (unpaired) electrons. The molecule has 0 aliphatic heterocycles. The molecule has 3 aromatic rings. The minimum Gasteiger partial charge on any atom is -0.459 e. The van der Waals surface area contributed by atoms with Gasteiger partial charge in [0.25, 0.3) is 5.69 Å². The smallest absolute Gasteiger partial charge is 0.434 e. The van der Waals surface area contributed by atoms with Gasteiger partial charge in [0.15, 0.2) is 6.54 Å². The standard InChI is InChI=1S/C20H16ClN5O6/c1-2-32-20(29)18-19(28)25(22-11-13-3-9-16(10-4-13)26(30)31)23-24(18)12-17(27)14-5-7-15(21)8-6-14/h3-11H,2,12H2,1H3/p+1/b22-11+. The van der Waals surface area contributed by atoms with Crippen LogP contribution in [0.15, 0.2) is 58.4 Å². The highest BCUT2D eigenvalue weighted by molar-refractivity contribution is 6.30. The Kier molecular flexibility index (Phi) is 6.90. The number of carbonyl (C=O) groups is 2. The fourth-order valence-electron chi connectivity index (χ4n) is 2.69. The first-order valence-corrected chi connectivity index (χ1v) is 9.67. The number of Topliss-reactive ketones (excluding diaryl/α,β-unsaturated/α-hetero) is 1. The number of nitro benzene ring substituents is 1. The summed E-state index contributed by atoms with van der Waals surface area (Å²) in [5, 5.41) is 17.7. The van der Waals surface area contributed by atoms with Crippen LogP contribution in [-0.4, -0.2) is 39.5 Å². The first kappa shape index (κ1) is 22.6. The number of halogens is 1. The van der Waals surface area contributed by atoms with Crippen LogP contribution in [-0.2, 0) is 11.3 Å². The molecule has 0 fully saturated rings. The van der Waals surface area contributed by atoms with E-state index in [-0.39, 0.29) is 24.6 Å². The molecule has 12 heteroatoms. The normalized spacial score (nSPS) is 10.9. The van der Waals surface area contributed by atoms with Gasteiger partial charge in [-0.05, 0) is 48.9 Å². The summed E-state index contributed by atoms with van der Waals surface area (Å²) >= 11 is 5.83. The number of aromatic amines is 1. The van der Waals surface area contributed by atoms with Gasteiger partial charge < -0.3 is 4.74 Å². The van der Waals surface area contributed by atoms with Crippen LogP contribution in [0.2, 0.25) is 5.02 Å². The Bertz CT molecular complexity index is 1240. The van der Waals surface area contributed by atoms with Crippen LogP contribution < -0.4 is 10.2 Å². The predicted molar refractivity (Wildman–Crippen MR) is 113 cm³/mol. The summed E-state index contributed by atoms with van der Waals surface area (Å²) in [5.74, 6) is -1.30. The van der Waals surface area contributed by atoms with Gasteiger partial charge in [0.05, 0.1) is 17.7 Å². The zero-order valence-corrected chi connectivity index (χ0v) is 17.5. The first-order chi connectivity index (χ1) is 15.3. The summed E-state index contributed by atoms with van der Waals surface area (Å²) in [7, 11) is 0. The Hall–Kier alpha value is -4.12. The summed E-state index contributed by atoms with van der Waals surface area (Å²) in [5.41, 5.74) is -0.527. The third kappa shape index (κ3) is 5.13. The van der Waals surface area contributed by atoms with Crippen LogP contribution in [0.4, 0.5) is 5.69 Å². The summed E-state index contributed by atoms with van der Waals surface area (Å²) < 4.78 is 5.97. The SMILES string of the molecule is CCOC(=O)c1c(=O)n(/N=C/c2ccc([N+](=O)[O-])cc2)[nH][n+]1CC(=O)c1ccc(Cl)cc1. The lowest BCUT2D eigenvalue weighted by atomic mass is 10.1. The molecule has 1 aromatic heterocycles. The highest BCUT2D eigenvalue weighted by Crippen LogP contribution is 2.11. The second-order valence-electron chi connectivity index (χ2n) is 6.40. The Morgan fingerprint density at radius 2 is 1.88 bits per heavy atom. The number of ether oxygens (including phenoxy) is 1. The number of benzene rings is 2. The molecule has 0 atom stereocenters. The van der Waals surface area contributed by atoms with Crippen molar-refractivity contribution in [2.45, 2.75) is 13.5 Å². The van der Waals surface area contributed by atoms with Gasteiger partial charge in [0.1, 0.15) is 0 Å².